The van der Waals surface area contributed by atoms with Crippen molar-refractivity contribution in [2.45, 2.75) is 0 Å². The molecule has 0 atom stereocenters. The minimum Gasteiger partial charge on any atom is -0.477 e. The molecule has 0 aliphatic rings. The Morgan fingerprint density at radius 2 is 2.06 bits per heavy atom. The third-order valence-corrected chi connectivity index (χ3v) is 2.46. The Balaban J connectivity index is 2.28. The van der Waals surface area contributed by atoms with Gasteiger partial charge in [-0.15, -0.1) is 0 Å². The molecule has 0 aliphatic carbocycles. The SMILES string of the molecule is O=C(O)c1cc(Nc2ccccc2Cl)ccn1. The van der Waals surface area contributed by atoms with Gasteiger partial charge in [-0.2, -0.15) is 0 Å². The lowest BCUT2D eigenvalue weighted by Gasteiger charge is -2.08. The standard InChI is InChI=1S/C12H9ClN2O2/c13-9-3-1-2-4-10(9)15-8-5-6-14-11(7-8)12(16)17/h1-7H,(H,14,15)(H,16,17). The summed E-state index contributed by atoms with van der Waals surface area (Å²) < 4.78 is 0. The number of nitrogens with one attached hydrogen (secondary N) is 1. The fourth-order valence-corrected chi connectivity index (χ4v) is 1.53. The highest BCUT2D eigenvalue weighted by Crippen LogP contribution is 2.24. The summed E-state index contributed by atoms with van der Waals surface area (Å²) in [5.41, 5.74) is 1.34. The number of hydrogen-bond acceptors (Lipinski definition) is 3. The maximum Gasteiger partial charge on any atom is 0.354 e. The van der Waals surface area contributed by atoms with E-state index in [1.54, 1.807) is 12.1 Å². The summed E-state index contributed by atoms with van der Waals surface area (Å²) in [6, 6.07) is 10.4. The zero-order valence-electron chi connectivity index (χ0n) is 8.72. The molecule has 0 bridgehead atoms. The Labute approximate surface area is 103 Å². The van der Waals surface area contributed by atoms with Gasteiger partial charge in [-0.3, -0.25) is 0 Å². The minimum absolute atomic E-state index is 0.0120. The van der Waals surface area contributed by atoms with Crippen LogP contribution in [0.4, 0.5) is 11.4 Å². The minimum atomic E-state index is -1.06. The van der Waals surface area contributed by atoms with Crippen LogP contribution in [0, 0.1) is 0 Å². The van der Waals surface area contributed by atoms with Crippen LogP contribution in [0.1, 0.15) is 10.5 Å². The van der Waals surface area contributed by atoms with Crippen molar-refractivity contribution in [1.29, 1.82) is 0 Å². The second-order valence-electron chi connectivity index (χ2n) is 3.34. The Bertz CT molecular complexity index is 558. The number of benzene rings is 1. The maximum atomic E-state index is 10.8. The van der Waals surface area contributed by atoms with E-state index in [2.05, 4.69) is 10.3 Å². The van der Waals surface area contributed by atoms with Crippen LogP contribution in [-0.2, 0) is 0 Å². The van der Waals surface area contributed by atoms with E-state index >= 15 is 0 Å². The second kappa shape index (κ2) is 4.84. The summed E-state index contributed by atoms with van der Waals surface area (Å²) in [4.78, 5) is 14.5. The molecule has 0 radical (unpaired) electrons. The van der Waals surface area contributed by atoms with Gasteiger partial charge >= 0.3 is 5.97 Å². The summed E-state index contributed by atoms with van der Waals surface area (Å²) in [5, 5.41) is 12.4. The van der Waals surface area contributed by atoms with Crippen LogP contribution < -0.4 is 5.32 Å². The van der Waals surface area contributed by atoms with Gasteiger partial charge in [-0.1, -0.05) is 23.7 Å². The molecule has 5 heteroatoms. The normalized spacial score (nSPS) is 9.94. The average Bonchev–Trinajstić information content (AvgIpc) is 2.32. The van der Waals surface area contributed by atoms with Gasteiger partial charge in [-0.25, -0.2) is 9.78 Å². The average molecular weight is 249 g/mol. The topological polar surface area (TPSA) is 62.2 Å². The third kappa shape index (κ3) is 2.73. The molecule has 2 rings (SSSR count). The van der Waals surface area contributed by atoms with Crippen molar-refractivity contribution in [2.75, 3.05) is 5.32 Å². The predicted molar refractivity (Wildman–Crippen MR) is 65.9 cm³/mol. The van der Waals surface area contributed by atoms with E-state index in [4.69, 9.17) is 16.7 Å². The number of nitrogens with zero attached hydrogens (tertiary/aromatic N) is 1. The number of aromatic carboxylic acids is 1. The van der Waals surface area contributed by atoms with Crippen LogP contribution >= 0.6 is 11.6 Å². The number of aromatic nitrogens is 1. The molecule has 0 amide bonds. The number of carboxylic acids is 1. The van der Waals surface area contributed by atoms with Crippen LogP contribution in [0.2, 0.25) is 5.02 Å². The molecule has 0 spiro atoms. The molecule has 0 aliphatic heterocycles. The van der Waals surface area contributed by atoms with Crippen molar-refractivity contribution in [3.63, 3.8) is 0 Å². The summed E-state index contributed by atoms with van der Waals surface area (Å²) in [6.07, 6.45) is 1.43. The van der Waals surface area contributed by atoms with E-state index in [-0.39, 0.29) is 5.69 Å². The molecule has 17 heavy (non-hydrogen) atoms. The number of rotatable bonds is 3. The number of para-hydroxylation sites is 1. The van der Waals surface area contributed by atoms with Crippen molar-refractivity contribution in [3.05, 3.63) is 53.3 Å². The Kier molecular flexibility index (Phi) is 3.25. The highest BCUT2D eigenvalue weighted by Gasteiger charge is 2.05. The monoisotopic (exact) mass is 248 g/mol. The van der Waals surface area contributed by atoms with Gasteiger partial charge in [0.2, 0.25) is 0 Å². The molecule has 86 valence electrons. The van der Waals surface area contributed by atoms with Crippen molar-refractivity contribution in [3.8, 4) is 0 Å². The highest BCUT2D eigenvalue weighted by atomic mass is 35.5. The first-order valence-corrected chi connectivity index (χ1v) is 5.25. The van der Waals surface area contributed by atoms with Gasteiger partial charge in [0, 0.05) is 11.9 Å². The number of carboxylic acid groups (broad SMARTS) is 1. The zero-order valence-corrected chi connectivity index (χ0v) is 9.48. The quantitative estimate of drug-likeness (QED) is 0.876. The van der Waals surface area contributed by atoms with E-state index in [1.165, 1.54) is 12.3 Å². The smallest absolute Gasteiger partial charge is 0.354 e. The summed E-state index contributed by atoms with van der Waals surface area (Å²) in [7, 11) is 0. The fourth-order valence-electron chi connectivity index (χ4n) is 1.34. The molecule has 1 heterocycles. The zero-order chi connectivity index (χ0) is 12.3. The molecular weight excluding hydrogens is 240 g/mol. The molecule has 0 saturated carbocycles. The van der Waals surface area contributed by atoms with E-state index in [0.29, 0.717) is 10.7 Å². The summed E-state index contributed by atoms with van der Waals surface area (Å²) in [5.74, 6) is -1.06. The van der Waals surface area contributed by atoms with Crippen LogP contribution in [-0.4, -0.2) is 16.1 Å². The van der Waals surface area contributed by atoms with Crippen molar-refractivity contribution >= 4 is 28.9 Å². The molecule has 0 fully saturated rings. The van der Waals surface area contributed by atoms with Crippen molar-refractivity contribution in [2.24, 2.45) is 0 Å². The van der Waals surface area contributed by atoms with Gasteiger partial charge in [0.15, 0.2) is 0 Å². The first-order chi connectivity index (χ1) is 8.16. The molecule has 1 aromatic carbocycles. The van der Waals surface area contributed by atoms with Gasteiger partial charge < -0.3 is 10.4 Å². The van der Waals surface area contributed by atoms with E-state index in [9.17, 15) is 4.79 Å². The lowest BCUT2D eigenvalue weighted by Crippen LogP contribution is -2.01. The van der Waals surface area contributed by atoms with Gasteiger partial charge in [0.1, 0.15) is 5.69 Å². The molecular formula is C12H9ClN2O2. The number of halogens is 1. The van der Waals surface area contributed by atoms with Crippen LogP contribution in [0.15, 0.2) is 42.6 Å². The number of anilines is 2. The van der Waals surface area contributed by atoms with Crippen LogP contribution in [0.5, 0.6) is 0 Å². The second-order valence-corrected chi connectivity index (χ2v) is 3.75. The Morgan fingerprint density at radius 1 is 1.29 bits per heavy atom. The lowest BCUT2D eigenvalue weighted by atomic mass is 10.2. The number of hydrogen-bond donors (Lipinski definition) is 2. The van der Waals surface area contributed by atoms with Crippen LogP contribution in [0.3, 0.4) is 0 Å². The van der Waals surface area contributed by atoms with Crippen molar-refractivity contribution < 1.29 is 9.90 Å². The van der Waals surface area contributed by atoms with Gasteiger partial charge in [0.25, 0.3) is 0 Å². The number of carbonyl (C=O) groups is 1. The molecule has 2 N–H and O–H groups in total. The third-order valence-electron chi connectivity index (χ3n) is 2.13. The Hall–Kier alpha value is -2.07. The number of pyridine rings is 1. The van der Waals surface area contributed by atoms with Crippen LogP contribution in [0.25, 0.3) is 0 Å². The van der Waals surface area contributed by atoms with E-state index in [0.717, 1.165) is 5.69 Å². The predicted octanol–water partition coefficient (Wildman–Crippen LogP) is 3.18. The summed E-state index contributed by atoms with van der Waals surface area (Å²) >= 11 is 5.98. The van der Waals surface area contributed by atoms with E-state index < -0.39 is 5.97 Å². The molecule has 4 nitrogen and oxygen atoms in total. The fraction of sp³-hybridized carbons (Fsp3) is 0. The molecule has 0 unspecified atom stereocenters. The maximum absolute atomic E-state index is 10.8. The lowest BCUT2D eigenvalue weighted by molar-refractivity contribution is 0.0690. The first kappa shape index (κ1) is 11.4. The highest BCUT2D eigenvalue weighted by molar-refractivity contribution is 6.33. The molecule has 0 saturated heterocycles. The first-order valence-electron chi connectivity index (χ1n) is 4.88. The summed E-state index contributed by atoms with van der Waals surface area (Å²) in [6.45, 7) is 0. The molecule has 2 aromatic rings. The largest absolute Gasteiger partial charge is 0.477 e. The molecule has 1 aromatic heterocycles. The van der Waals surface area contributed by atoms with Crippen molar-refractivity contribution in [1.82, 2.24) is 4.98 Å². The Morgan fingerprint density at radius 3 is 2.76 bits per heavy atom. The van der Waals surface area contributed by atoms with E-state index in [1.807, 2.05) is 18.2 Å². The van der Waals surface area contributed by atoms with Gasteiger partial charge in [0.05, 0.1) is 10.7 Å². The van der Waals surface area contributed by atoms with Gasteiger partial charge in [-0.05, 0) is 24.3 Å².